The van der Waals surface area contributed by atoms with Gasteiger partial charge in [-0.1, -0.05) is 62.4 Å². The van der Waals surface area contributed by atoms with E-state index in [4.69, 9.17) is 4.74 Å². The Morgan fingerprint density at radius 3 is 2.40 bits per heavy atom. The largest absolute Gasteiger partial charge is 0.480 e. The summed E-state index contributed by atoms with van der Waals surface area (Å²) in [5.41, 5.74) is 3.72. The van der Waals surface area contributed by atoms with Gasteiger partial charge in [0.15, 0.2) is 5.82 Å². The molecule has 1 atom stereocenters. The Labute approximate surface area is 202 Å². The fourth-order valence-corrected chi connectivity index (χ4v) is 4.23. The molecule has 1 aromatic heterocycles. The monoisotopic (exact) mass is 473 g/mol. The quantitative estimate of drug-likeness (QED) is 0.378. The smallest absolute Gasteiger partial charge is 0.410 e. The highest BCUT2D eigenvalue weighted by atomic mass is 16.6. The predicted molar refractivity (Wildman–Crippen MR) is 131 cm³/mol. The van der Waals surface area contributed by atoms with Gasteiger partial charge in [-0.2, -0.15) is 0 Å². The van der Waals surface area contributed by atoms with Crippen molar-refractivity contribution in [3.63, 3.8) is 0 Å². The Bertz CT molecular complexity index is 1340. The molecule has 4 aromatic rings. The molecule has 0 aliphatic rings. The molecule has 0 unspecified atom stereocenters. The maximum Gasteiger partial charge on any atom is 0.410 e. The van der Waals surface area contributed by atoms with E-state index in [-0.39, 0.29) is 19.1 Å². The van der Waals surface area contributed by atoms with E-state index in [0.29, 0.717) is 5.82 Å². The summed E-state index contributed by atoms with van der Waals surface area (Å²) in [6, 6.07) is 18.8. The third-order valence-corrected chi connectivity index (χ3v) is 5.82. The fraction of sp³-hybridized carbons (Fsp3) is 0.269. The van der Waals surface area contributed by atoms with Gasteiger partial charge in [-0.05, 0) is 62.9 Å². The Kier molecular flexibility index (Phi) is 7.05. The summed E-state index contributed by atoms with van der Waals surface area (Å²) in [6.45, 7) is 5.56. The van der Waals surface area contributed by atoms with Crippen molar-refractivity contribution in [2.45, 2.75) is 33.4 Å². The lowest BCUT2D eigenvalue weighted by Crippen LogP contribution is -2.47. The average Bonchev–Trinajstić information content (AvgIpc) is 3.38. The minimum Gasteiger partial charge on any atom is -0.480 e. The molecule has 3 aromatic carbocycles. The van der Waals surface area contributed by atoms with Crippen LogP contribution in [0.3, 0.4) is 0 Å². The van der Waals surface area contributed by atoms with Crippen molar-refractivity contribution in [3.8, 4) is 22.5 Å². The zero-order valence-corrected chi connectivity index (χ0v) is 19.8. The number of benzene rings is 3. The van der Waals surface area contributed by atoms with E-state index in [1.165, 1.54) is 4.90 Å². The van der Waals surface area contributed by atoms with Crippen LogP contribution in [0.4, 0.5) is 4.79 Å². The van der Waals surface area contributed by atoms with E-state index in [1.807, 2.05) is 54.6 Å². The molecule has 0 saturated carbocycles. The number of rotatable bonds is 8. The third-order valence-electron chi connectivity index (χ3n) is 5.82. The van der Waals surface area contributed by atoms with Crippen LogP contribution in [0.1, 0.15) is 26.3 Å². The highest BCUT2D eigenvalue weighted by Crippen LogP contribution is 2.32. The molecule has 9 nitrogen and oxygen atoms in total. The SMILES string of the molecule is CCOC(=O)N(Cc1ccc2cc(-c3ccccc3-c3nnn[nH]3)ccc2c1)[C@H](C(=O)O)C(C)C. The van der Waals surface area contributed by atoms with E-state index in [0.717, 1.165) is 33.0 Å². The zero-order valence-electron chi connectivity index (χ0n) is 19.8. The Morgan fingerprint density at radius 2 is 1.74 bits per heavy atom. The number of hydrogen-bond donors (Lipinski definition) is 2. The number of H-pyrrole nitrogens is 1. The number of carboxylic acid groups (broad SMARTS) is 1. The Balaban J connectivity index is 1.67. The van der Waals surface area contributed by atoms with E-state index < -0.39 is 18.1 Å². The second-order valence-corrected chi connectivity index (χ2v) is 8.55. The van der Waals surface area contributed by atoms with Crippen LogP contribution in [0.5, 0.6) is 0 Å². The number of hydrogen-bond acceptors (Lipinski definition) is 6. The highest BCUT2D eigenvalue weighted by Gasteiger charge is 2.33. The van der Waals surface area contributed by atoms with Crippen molar-refractivity contribution in [1.29, 1.82) is 0 Å². The van der Waals surface area contributed by atoms with Crippen LogP contribution < -0.4 is 0 Å². The number of aromatic amines is 1. The predicted octanol–water partition coefficient (Wildman–Crippen LogP) is 4.75. The van der Waals surface area contributed by atoms with Gasteiger partial charge in [-0.15, -0.1) is 5.10 Å². The van der Waals surface area contributed by atoms with E-state index in [1.54, 1.807) is 20.8 Å². The molecule has 0 spiro atoms. The molecule has 4 rings (SSSR count). The maximum atomic E-state index is 12.6. The molecule has 180 valence electrons. The second-order valence-electron chi connectivity index (χ2n) is 8.55. The van der Waals surface area contributed by atoms with Gasteiger partial charge in [-0.3, -0.25) is 4.90 Å². The van der Waals surface area contributed by atoms with E-state index in [9.17, 15) is 14.7 Å². The molecular weight excluding hydrogens is 446 g/mol. The van der Waals surface area contributed by atoms with Crippen molar-refractivity contribution in [2.75, 3.05) is 6.61 Å². The minimum absolute atomic E-state index is 0.132. The van der Waals surface area contributed by atoms with Crippen molar-refractivity contribution in [1.82, 2.24) is 25.5 Å². The molecule has 2 N–H and O–H groups in total. The van der Waals surface area contributed by atoms with Crippen molar-refractivity contribution in [2.24, 2.45) is 5.92 Å². The summed E-state index contributed by atoms with van der Waals surface area (Å²) in [4.78, 5) is 25.8. The summed E-state index contributed by atoms with van der Waals surface area (Å²) in [7, 11) is 0. The Morgan fingerprint density at radius 1 is 1.03 bits per heavy atom. The van der Waals surface area contributed by atoms with Gasteiger partial charge in [0.1, 0.15) is 6.04 Å². The maximum absolute atomic E-state index is 12.6. The molecule has 1 amide bonds. The number of carbonyl (C=O) groups is 2. The molecule has 1 heterocycles. The molecule has 0 bridgehead atoms. The minimum atomic E-state index is -1.06. The van der Waals surface area contributed by atoms with Crippen molar-refractivity contribution >= 4 is 22.8 Å². The first-order chi connectivity index (χ1) is 16.9. The number of nitrogens with one attached hydrogen (secondary N) is 1. The fourth-order valence-electron chi connectivity index (χ4n) is 4.23. The lowest BCUT2D eigenvalue weighted by atomic mass is 9.96. The molecule has 0 aliphatic heterocycles. The van der Waals surface area contributed by atoms with Gasteiger partial charge in [0.2, 0.25) is 0 Å². The van der Waals surface area contributed by atoms with Gasteiger partial charge in [-0.25, -0.2) is 14.7 Å². The molecule has 0 fully saturated rings. The summed E-state index contributed by atoms with van der Waals surface area (Å²) in [6.07, 6.45) is -0.637. The lowest BCUT2D eigenvalue weighted by molar-refractivity contribution is -0.144. The summed E-state index contributed by atoms with van der Waals surface area (Å²) in [5, 5.41) is 25.9. The standard InChI is InChI=1S/C26H27N5O4/c1-4-35-26(34)31(23(16(2)3)25(32)33)15-17-9-10-19-14-20(12-11-18(19)13-17)21-7-5-6-8-22(21)24-27-29-30-28-24/h5-14,16,23H,4,15H2,1-3H3,(H,32,33)(H,27,28,29,30)/t23-/m0/s1. The van der Waals surface area contributed by atoms with Crippen LogP contribution in [0.25, 0.3) is 33.3 Å². The summed E-state index contributed by atoms with van der Waals surface area (Å²) >= 11 is 0. The van der Waals surface area contributed by atoms with Gasteiger partial charge in [0.25, 0.3) is 0 Å². The van der Waals surface area contributed by atoms with Crippen LogP contribution in [0, 0.1) is 5.92 Å². The first-order valence-corrected chi connectivity index (χ1v) is 11.4. The van der Waals surface area contributed by atoms with Crippen LogP contribution in [0.2, 0.25) is 0 Å². The first kappa shape index (κ1) is 23.9. The molecular formula is C26H27N5O4. The molecule has 0 saturated heterocycles. The number of aliphatic carboxylic acids is 1. The first-order valence-electron chi connectivity index (χ1n) is 11.4. The van der Waals surface area contributed by atoms with Gasteiger partial charge >= 0.3 is 12.1 Å². The molecule has 9 heteroatoms. The number of tetrazole rings is 1. The zero-order chi connectivity index (χ0) is 24.9. The Hall–Kier alpha value is -4.27. The molecule has 0 aliphatic carbocycles. The van der Waals surface area contributed by atoms with Gasteiger partial charge in [0, 0.05) is 12.1 Å². The van der Waals surface area contributed by atoms with E-state index >= 15 is 0 Å². The molecule has 35 heavy (non-hydrogen) atoms. The number of aromatic nitrogens is 4. The van der Waals surface area contributed by atoms with Crippen molar-refractivity contribution < 1.29 is 19.4 Å². The number of carboxylic acids is 1. The summed E-state index contributed by atoms with van der Waals surface area (Å²) in [5.74, 6) is -0.744. The van der Waals surface area contributed by atoms with Gasteiger partial charge < -0.3 is 9.84 Å². The molecule has 0 radical (unpaired) electrons. The van der Waals surface area contributed by atoms with Gasteiger partial charge in [0.05, 0.1) is 6.61 Å². The average molecular weight is 474 g/mol. The normalized spacial score (nSPS) is 12.0. The topological polar surface area (TPSA) is 121 Å². The summed E-state index contributed by atoms with van der Waals surface area (Å²) < 4.78 is 5.16. The van der Waals surface area contributed by atoms with Crippen LogP contribution in [0.15, 0.2) is 60.7 Å². The van der Waals surface area contributed by atoms with Crippen molar-refractivity contribution in [3.05, 3.63) is 66.2 Å². The lowest BCUT2D eigenvalue weighted by Gasteiger charge is -2.30. The number of fused-ring (bicyclic) bond motifs is 1. The number of carbonyl (C=O) groups excluding carboxylic acids is 1. The number of ether oxygens (including phenoxy) is 1. The highest BCUT2D eigenvalue weighted by molar-refractivity contribution is 5.91. The van der Waals surface area contributed by atoms with Crippen LogP contribution in [-0.4, -0.2) is 55.3 Å². The third kappa shape index (κ3) is 5.13. The second kappa shape index (κ2) is 10.3. The number of amides is 1. The number of nitrogens with zero attached hydrogens (tertiary/aromatic N) is 4. The van der Waals surface area contributed by atoms with Crippen LogP contribution in [-0.2, 0) is 16.1 Å². The van der Waals surface area contributed by atoms with Crippen LogP contribution >= 0.6 is 0 Å². The van der Waals surface area contributed by atoms with E-state index in [2.05, 4.69) is 26.7 Å².